The average Bonchev–Trinajstić information content (AvgIpc) is 2.38. The van der Waals surface area contributed by atoms with E-state index in [9.17, 15) is 4.79 Å². The van der Waals surface area contributed by atoms with Gasteiger partial charge in [0.25, 0.3) is 0 Å². The molecule has 92 valence electrons. The van der Waals surface area contributed by atoms with Crippen LogP contribution in [-0.4, -0.2) is 17.3 Å². The molecule has 0 aliphatic heterocycles. The van der Waals surface area contributed by atoms with E-state index >= 15 is 0 Å². The monoisotopic (exact) mass is 235 g/mol. The van der Waals surface area contributed by atoms with Gasteiger partial charge in [-0.3, -0.25) is 0 Å². The first-order valence-electron chi connectivity index (χ1n) is 6.02. The third kappa shape index (κ3) is 3.12. The predicted octanol–water partition coefficient (Wildman–Crippen LogP) is 3.44. The molecule has 2 rings (SSSR count). The summed E-state index contributed by atoms with van der Waals surface area (Å²) in [5, 5.41) is 10.4. The fraction of sp³-hybridized carbons (Fsp3) is 0.462. The first-order chi connectivity index (χ1) is 8.27. The molecule has 0 unspecified atom stereocenters. The van der Waals surface area contributed by atoms with Crippen molar-refractivity contribution in [3.63, 3.8) is 0 Å². The van der Waals surface area contributed by atoms with E-state index in [4.69, 9.17) is 9.94 Å². The number of hydrogen-bond donors (Lipinski definition) is 1. The maximum atomic E-state index is 10.8. The highest BCUT2D eigenvalue weighted by Crippen LogP contribution is 2.27. The summed E-state index contributed by atoms with van der Waals surface area (Å²) in [6.07, 6.45) is 4.23. The van der Waals surface area contributed by atoms with Crippen molar-refractivity contribution < 1.29 is 14.7 Å². The summed E-state index contributed by atoms with van der Waals surface area (Å²) >= 11 is 0. The van der Waals surface area contributed by atoms with Crippen molar-refractivity contribution in [3.8, 4) is 0 Å². The minimum absolute atomic E-state index is 0.169. The third-order valence-electron chi connectivity index (χ3n) is 3.09. The third-order valence-corrected chi connectivity index (χ3v) is 3.09. The number of benzene rings is 1. The molecule has 4 nitrogen and oxygen atoms in total. The van der Waals surface area contributed by atoms with Crippen molar-refractivity contribution in [2.75, 3.05) is 5.06 Å². The lowest BCUT2D eigenvalue weighted by Gasteiger charge is -2.32. The van der Waals surface area contributed by atoms with E-state index in [2.05, 4.69) is 0 Å². The van der Waals surface area contributed by atoms with Gasteiger partial charge in [-0.05, 0) is 25.0 Å². The maximum absolute atomic E-state index is 10.8. The Balaban J connectivity index is 2.15. The van der Waals surface area contributed by atoms with Crippen LogP contribution in [0.15, 0.2) is 30.3 Å². The quantitative estimate of drug-likeness (QED) is 0.815. The number of nitrogens with zero attached hydrogens (tertiary/aromatic N) is 1. The highest BCUT2D eigenvalue weighted by molar-refractivity contribution is 5.60. The van der Waals surface area contributed by atoms with Gasteiger partial charge in [0.15, 0.2) is 0 Å². The van der Waals surface area contributed by atoms with Gasteiger partial charge in [-0.25, -0.2) is 9.86 Å². The average molecular weight is 235 g/mol. The van der Waals surface area contributed by atoms with Gasteiger partial charge < -0.3 is 9.94 Å². The van der Waals surface area contributed by atoms with Gasteiger partial charge in [-0.2, -0.15) is 0 Å². The molecule has 0 aromatic heterocycles. The second-order valence-corrected chi connectivity index (χ2v) is 4.31. The molecule has 0 spiro atoms. The Morgan fingerprint density at radius 3 is 2.41 bits per heavy atom. The molecule has 0 bridgehead atoms. The number of hydroxylamine groups is 1. The summed E-state index contributed by atoms with van der Waals surface area (Å²) < 4.78 is 0. The zero-order valence-corrected chi connectivity index (χ0v) is 9.71. The van der Waals surface area contributed by atoms with Gasteiger partial charge in [0.1, 0.15) is 0 Å². The van der Waals surface area contributed by atoms with Crippen LogP contribution in [0.3, 0.4) is 0 Å². The molecule has 4 heteroatoms. The maximum Gasteiger partial charge on any atom is 0.530 e. The topological polar surface area (TPSA) is 49.8 Å². The molecule has 1 fully saturated rings. The molecule has 0 saturated heterocycles. The molecular weight excluding hydrogens is 218 g/mol. The fourth-order valence-corrected chi connectivity index (χ4v) is 2.31. The van der Waals surface area contributed by atoms with Gasteiger partial charge in [-0.1, -0.05) is 37.5 Å². The van der Waals surface area contributed by atoms with Gasteiger partial charge >= 0.3 is 6.16 Å². The van der Waals surface area contributed by atoms with E-state index in [1.807, 2.05) is 30.3 Å². The van der Waals surface area contributed by atoms with Crippen LogP contribution in [0.5, 0.6) is 0 Å². The van der Waals surface area contributed by atoms with Gasteiger partial charge in [0.2, 0.25) is 0 Å². The molecule has 1 N–H and O–H groups in total. The number of anilines is 1. The van der Waals surface area contributed by atoms with Gasteiger partial charge in [-0.15, -0.1) is 0 Å². The second kappa shape index (κ2) is 5.57. The van der Waals surface area contributed by atoms with Crippen LogP contribution >= 0.6 is 0 Å². The van der Waals surface area contributed by atoms with E-state index in [1.54, 1.807) is 5.06 Å². The highest BCUT2D eigenvalue weighted by atomic mass is 16.8. The first-order valence-corrected chi connectivity index (χ1v) is 6.02. The Kier molecular flexibility index (Phi) is 3.85. The van der Waals surface area contributed by atoms with Crippen LogP contribution in [0.2, 0.25) is 0 Å². The van der Waals surface area contributed by atoms with E-state index in [-0.39, 0.29) is 6.04 Å². The molecule has 1 aliphatic rings. The second-order valence-electron chi connectivity index (χ2n) is 4.31. The van der Waals surface area contributed by atoms with Crippen molar-refractivity contribution >= 4 is 11.8 Å². The summed E-state index contributed by atoms with van der Waals surface area (Å²) in [4.78, 5) is 15.7. The number of rotatable bonds is 3. The van der Waals surface area contributed by atoms with Crippen LogP contribution in [0.4, 0.5) is 10.5 Å². The molecule has 0 radical (unpaired) electrons. The molecule has 0 amide bonds. The lowest BCUT2D eigenvalue weighted by molar-refractivity contribution is 0.0648. The number of carbonyl (C=O) groups is 1. The molecule has 17 heavy (non-hydrogen) atoms. The smallest absolute Gasteiger partial charge is 0.448 e. The van der Waals surface area contributed by atoms with Gasteiger partial charge in [0.05, 0.1) is 11.7 Å². The minimum atomic E-state index is -1.25. The van der Waals surface area contributed by atoms with Crippen molar-refractivity contribution in [3.05, 3.63) is 30.3 Å². The summed E-state index contributed by atoms with van der Waals surface area (Å²) in [6.45, 7) is 0. The van der Waals surface area contributed by atoms with Crippen molar-refractivity contribution in [1.82, 2.24) is 0 Å². The molecule has 1 aromatic carbocycles. The summed E-state index contributed by atoms with van der Waals surface area (Å²) in [7, 11) is 0. The van der Waals surface area contributed by atoms with Crippen molar-refractivity contribution in [1.29, 1.82) is 0 Å². The first kappa shape index (κ1) is 11.8. The predicted molar refractivity (Wildman–Crippen MR) is 64.9 cm³/mol. The van der Waals surface area contributed by atoms with Crippen molar-refractivity contribution in [2.45, 2.75) is 38.1 Å². The molecule has 0 heterocycles. The highest BCUT2D eigenvalue weighted by Gasteiger charge is 2.24. The lowest BCUT2D eigenvalue weighted by atomic mass is 9.95. The van der Waals surface area contributed by atoms with E-state index in [0.29, 0.717) is 0 Å². The Hall–Kier alpha value is -1.71. The van der Waals surface area contributed by atoms with E-state index in [0.717, 1.165) is 31.4 Å². The summed E-state index contributed by atoms with van der Waals surface area (Å²) in [5.74, 6) is 0. The van der Waals surface area contributed by atoms with Gasteiger partial charge in [0, 0.05) is 0 Å². The summed E-state index contributed by atoms with van der Waals surface area (Å²) in [6, 6.07) is 9.59. The Bertz CT molecular complexity index is 360. The SMILES string of the molecule is O=C(O)ON(c1ccccc1)C1CCCCC1. The molecule has 0 atom stereocenters. The molecule has 1 saturated carbocycles. The Morgan fingerprint density at radius 1 is 1.18 bits per heavy atom. The van der Waals surface area contributed by atoms with E-state index < -0.39 is 6.16 Å². The normalized spacial score (nSPS) is 16.5. The van der Waals surface area contributed by atoms with Crippen LogP contribution in [-0.2, 0) is 4.84 Å². The van der Waals surface area contributed by atoms with Crippen molar-refractivity contribution in [2.24, 2.45) is 0 Å². The summed E-state index contributed by atoms with van der Waals surface area (Å²) in [5.41, 5.74) is 0.807. The molecular formula is C13H17NO3. The Labute approximate surface area is 101 Å². The molecule has 1 aromatic rings. The standard InChI is InChI=1S/C13H17NO3/c15-13(16)17-14(11-7-3-1-4-8-11)12-9-5-2-6-10-12/h1,3-4,7-8,12H,2,5-6,9-10H2,(H,15,16). The van der Waals surface area contributed by atoms with Crippen LogP contribution in [0, 0.1) is 0 Å². The number of para-hydroxylation sites is 1. The lowest BCUT2D eigenvalue weighted by Crippen LogP contribution is -2.38. The van der Waals surface area contributed by atoms with Crippen LogP contribution in [0.25, 0.3) is 0 Å². The van der Waals surface area contributed by atoms with E-state index in [1.165, 1.54) is 6.42 Å². The largest absolute Gasteiger partial charge is 0.530 e. The van der Waals surface area contributed by atoms with Crippen LogP contribution in [0.1, 0.15) is 32.1 Å². The number of carboxylic acid groups (broad SMARTS) is 1. The minimum Gasteiger partial charge on any atom is -0.448 e. The van der Waals surface area contributed by atoms with Crippen LogP contribution < -0.4 is 5.06 Å². The molecule has 1 aliphatic carbocycles. The number of hydrogen-bond acceptors (Lipinski definition) is 3. The zero-order chi connectivity index (χ0) is 12.1. The zero-order valence-electron chi connectivity index (χ0n) is 9.71. The fourth-order valence-electron chi connectivity index (χ4n) is 2.31. The Morgan fingerprint density at radius 2 is 1.82 bits per heavy atom.